The zero-order valence-corrected chi connectivity index (χ0v) is 15.7. The Morgan fingerprint density at radius 2 is 0.909 bits per heavy atom. The van der Waals surface area contributed by atoms with E-state index in [1.54, 1.807) is 0 Å². The molecule has 0 fully saturated rings. The fraction of sp³-hybridized carbons (Fsp3) is 0.238. The Morgan fingerprint density at radius 1 is 0.591 bits per heavy atom. The van der Waals surface area contributed by atoms with Crippen LogP contribution in [-0.2, 0) is 0 Å². The van der Waals surface area contributed by atoms with Gasteiger partial charge in [0, 0.05) is 0 Å². The monoisotopic (exact) mass is 400 g/mol. The van der Waals surface area contributed by atoms with Crippen molar-refractivity contribution in [2.45, 2.75) is 31.6 Å². The highest BCUT2D eigenvalue weighted by molar-refractivity contribution is 14.1. The van der Waals surface area contributed by atoms with E-state index in [2.05, 4.69) is 98.8 Å². The molecule has 0 spiro atoms. The van der Waals surface area contributed by atoms with Crippen molar-refractivity contribution in [1.82, 2.24) is 0 Å². The van der Waals surface area contributed by atoms with Gasteiger partial charge in [-0.3, -0.25) is 0 Å². The van der Waals surface area contributed by atoms with Crippen LogP contribution in [0.4, 0.5) is 0 Å². The standard InChI is InChI=1S/C21H21I/c1-13-7-14(2)10-17(9-13)19-5-6-20(21(19)22)18-11-15(3)8-16(4)12-18/h5-12,21H,1-4H3. The molecule has 0 heterocycles. The van der Waals surface area contributed by atoms with Crippen molar-refractivity contribution in [1.29, 1.82) is 0 Å². The fourth-order valence-electron chi connectivity index (χ4n) is 3.28. The summed E-state index contributed by atoms with van der Waals surface area (Å²) < 4.78 is 0.417. The quantitative estimate of drug-likeness (QED) is 0.416. The maximum Gasteiger partial charge on any atom is 0.0620 e. The number of hydrogen-bond donors (Lipinski definition) is 0. The lowest BCUT2D eigenvalue weighted by molar-refractivity contribution is 1.34. The highest BCUT2D eigenvalue weighted by atomic mass is 127. The first-order valence-electron chi connectivity index (χ1n) is 7.67. The molecule has 0 aromatic heterocycles. The predicted molar refractivity (Wildman–Crippen MR) is 106 cm³/mol. The second kappa shape index (κ2) is 6.04. The molecule has 112 valence electrons. The number of alkyl halides is 1. The summed E-state index contributed by atoms with van der Waals surface area (Å²) in [5.74, 6) is 0. The predicted octanol–water partition coefficient (Wildman–Crippen LogP) is 6.20. The minimum absolute atomic E-state index is 0.417. The third kappa shape index (κ3) is 3.05. The van der Waals surface area contributed by atoms with Crippen LogP contribution in [0.5, 0.6) is 0 Å². The SMILES string of the molecule is Cc1cc(C)cc(C2=CC=C(c3cc(C)cc(C)c3)C2I)c1. The second-order valence-electron chi connectivity index (χ2n) is 6.36. The van der Waals surface area contributed by atoms with E-state index in [0.29, 0.717) is 3.92 Å². The number of allylic oxidation sites excluding steroid dienone is 4. The summed E-state index contributed by atoms with van der Waals surface area (Å²) in [6.07, 6.45) is 4.58. The lowest BCUT2D eigenvalue weighted by Crippen LogP contribution is -2.02. The van der Waals surface area contributed by atoms with Crippen molar-refractivity contribution in [2.24, 2.45) is 0 Å². The summed E-state index contributed by atoms with van der Waals surface area (Å²) >= 11 is 2.57. The average Bonchev–Trinajstić information content (AvgIpc) is 2.78. The zero-order valence-electron chi connectivity index (χ0n) is 13.6. The van der Waals surface area contributed by atoms with Gasteiger partial charge >= 0.3 is 0 Å². The molecule has 0 atom stereocenters. The molecule has 22 heavy (non-hydrogen) atoms. The van der Waals surface area contributed by atoms with Crippen molar-refractivity contribution >= 4 is 33.7 Å². The largest absolute Gasteiger partial charge is 0.0721 e. The first-order valence-corrected chi connectivity index (χ1v) is 8.92. The molecule has 2 aromatic carbocycles. The van der Waals surface area contributed by atoms with Crippen LogP contribution >= 0.6 is 22.6 Å². The molecule has 0 unspecified atom stereocenters. The topological polar surface area (TPSA) is 0 Å². The smallest absolute Gasteiger partial charge is 0.0620 e. The Kier molecular flexibility index (Phi) is 4.26. The van der Waals surface area contributed by atoms with Gasteiger partial charge < -0.3 is 0 Å². The van der Waals surface area contributed by atoms with Gasteiger partial charge in [-0.1, -0.05) is 93.4 Å². The molecule has 0 saturated carbocycles. The summed E-state index contributed by atoms with van der Waals surface area (Å²) in [7, 11) is 0. The lowest BCUT2D eigenvalue weighted by atomic mass is 9.95. The van der Waals surface area contributed by atoms with E-state index in [1.807, 2.05) is 0 Å². The normalized spacial score (nSPS) is 15.0. The molecule has 1 heteroatoms. The van der Waals surface area contributed by atoms with Crippen molar-refractivity contribution in [3.8, 4) is 0 Å². The van der Waals surface area contributed by atoms with E-state index in [9.17, 15) is 0 Å². The Hall–Kier alpha value is -1.35. The minimum atomic E-state index is 0.417. The molecule has 0 bridgehead atoms. The average molecular weight is 400 g/mol. The number of rotatable bonds is 2. The summed E-state index contributed by atoms with van der Waals surface area (Å²) in [4.78, 5) is 0. The van der Waals surface area contributed by atoms with Crippen LogP contribution in [0.3, 0.4) is 0 Å². The van der Waals surface area contributed by atoms with Crippen LogP contribution < -0.4 is 0 Å². The molecule has 3 rings (SSSR count). The summed E-state index contributed by atoms with van der Waals surface area (Å²) in [5, 5.41) is 0. The van der Waals surface area contributed by atoms with Crippen LogP contribution in [0, 0.1) is 27.7 Å². The molecule has 0 radical (unpaired) electrons. The van der Waals surface area contributed by atoms with Gasteiger partial charge in [0.1, 0.15) is 0 Å². The van der Waals surface area contributed by atoms with Crippen LogP contribution in [0.25, 0.3) is 11.1 Å². The van der Waals surface area contributed by atoms with Crippen molar-refractivity contribution in [3.63, 3.8) is 0 Å². The van der Waals surface area contributed by atoms with E-state index in [0.717, 1.165) is 0 Å². The molecule has 2 aromatic rings. The molecule has 0 saturated heterocycles. The van der Waals surface area contributed by atoms with Crippen LogP contribution in [0.1, 0.15) is 33.4 Å². The number of aryl methyl sites for hydroxylation is 4. The van der Waals surface area contributed by atoms with Crippen LogP contribution in [-0.4, -0.2) is 3.92 Å². The Labute approximate surface area is 147 Å². The highest BCUT2D eigenvalue weighted by Gasteiger charge is 2.23. The van der Waals surface area contributed by atoms with Gasteiger partial charge in [-0.05, 0) is 50.0 Å². The van der Waals surface area contributed by atoms with Crippen molar-refractivity contribution < 1.29 is 0 Å². The maximum atomic E-state index is 2.57. The van der Waals surface area contributed by atoms with E-state index >= 15 is 0 Å². The number of halogens is 1. The number of hydrogen-bond acceptors (Lipinski definition) is 0. The Bertz CT molecular complexity index is 686. The molecule has 0 aliphatic heterocycles. The lowest BCUT2D eigenvalue weighted by Gasteiger charge is -2.16. The van der Waals surface area contributed by atoms with E-state index in [1.165, 1.54) is 44.5 Å². The van der Waals surface area contributed by atoms with Gasteiger partial charge in [-0.2, -0.15) is 0 Å². The molecule has 0 N–H and O–H groups in total. The molecule has 1 aliphatic carbocycles. The molecule has 1 aliphatic rings. The van der Waals surface area contributed by atoms with Gasteiger partial charge in [0.25, 0.3) is 0 Å². The zero-order chi connectivity index (χ0) is 15.9. The molecule has 0 amide bonds. The molecular weight excluding hydrogens is 379 g/mol. The summed E-state index contributed by atoms with van der Waals surface area (Å²) in [6, 6.07) is 13.6. The van der Waals surface area contributed by atoms with Crippen LogP contribution in [0.15, 0.2) is 48.6 Å². The second-order valence-corrected chi connectivity index (χ2v) is 7.60. The Morgan fingerprint density at radius 3 is 1.23 bits per heavy atom. The van der Waals surface area contributed by atoms with Gasteiger partial charge in [-0.15, -0.1) is 0 Å². The Balaban J connectivity index is 1.95. The van der Waals surface area contributed by atoms with Gasteiger partial charge in [0.2, 0.25) is 0 Å². The van der Waals surface area contributed by atoms with E-state index in [4.69, 9.17) is 0 Å². The van der Waals surface area contributed by atoms with E-state index < -0.39 is 0 Å². The van der Waals surface area contributed by atoms with Crippen molar-refractivity contribution in [2.75, 3.05) is 0 Å². The van der Waals surface area contributed by atoms with E-state index in [-0.39, 0.29) is 0 Å². The third-order valence-electron chi connectivity index (χ3n) is 4.10. The van der Waals surface area contributed by atoms with Gasteiger partial charge in [0.05, 0.1) is 3.92 Å². The first kappa shape index (κ1) is 15.5. The van der Waals surface area contributed by atoms with Gasteiger partial charge in [0.15, 0.2) is 0 Å². The third-order valence-corrected chi connectivity index (χ3v) is 5.44. The summed E-state index contributed by atoms with van der Waals surface area (Å²) in [6.45, 7) is 8.69. The van der Waals surface area contributed by atoms with Crippen LogP contribution in [0.2, 0.25) is 0 Å². The molecular formula is C21H21I. The van der Waals surface area contributed by atoms with Crippen molar-refractivity contribution in [3.05, 3.63) is 81.9 Å². The molecule has 0 nitrogen and oxygen atoms in total. The fourth-order valence-corrected chi connectivity index (χ4v) is 4.42. The maximum absolute atomic E-state index is 2.57. The minimum Gasteiger partial charge on any atom is -0.0721 e. The van der Waals surface area contributed by atoms with Gasteiger partial charge in [-0.25, -0.2) is 0 Å². The first-order chi connectivity index (χ1) is 10.4. The summed E-state index contributed by atoms with van der Waals surface area (Å²) in [5.41, 5.74) is 10.9. The number of benzene rings is 2. The highest BCUT2D eigenvalue weighted by Crippen LogP contribution is 2.40.